The number of nitrogens with zero attached hydrogens (tertiary/aromatic N) is 3. The number of hydrogen-bond acceptors (Lipinski definition) is 6. The Kier molecular flexibility index (Phi) is 6.25. The first-order valence-corrected chi connectivity index (χ1v) is 9.23. The van der Waals surface area contributed by atoms with E-state index in [2.05, 4.69) is 14.9 Å². The Hall–Kier alpha value is -2.94. The third-order valence-electron chi connectivity index (χ3n) is 3.68. The average molecular weight is 405 g/mol. The quantitative estimate of drug-likeness (QED) is 0.545. The Balaban J connectivity index is 1.64. The number of rotatable bonds is 7. The molecule has 0 radical (unpaired) electrons. The van der Waals surface area contributed by atoms with Crippen LogP contribution in [0.25, 0.3) is 11.5 Å². The smallest absolute Gasteiger partial charge is 0.387 e. The Bertz CT molecular complexity index is 946. The summed E-state index contributed by atoms with van der Waals surface area (Å²) in [5.74, 6) is 0.825. The zero-order valence-electron chi connectivity index (χ0n) is 15.1. The van der Waals surface area contributed by atoms with Crippen molar-refractivity contribution < 1.29 is 22.7 Å². The third-order valence-corrected chi connectivity index (χ3v) is 4.56. The van der Waals surface area contributed by atoms with Gasteiger partial charge in [-0.25, -0.2) is 0 Å². The minimum Gasteiger partial charge on any atom is -0.435 e. The fourth-order valence-electron chi connectivity index (χ4n) is 2.36. The van der Waals surface area contributed by atoms with Crippen molar-refractivity contribution in [1.82, 2.24) is 15.1 Å². The Labute approximate surface area is 164 Å². The summed E-state index contributed by atoms with van der Waals surface area (Å²) in [7, 11) is 3.41. The van der Waals surface area contributed by atoms with Gasteiger partial charge in [0.15, 0.2) is 0 Å². The van der Waals surface area contributed by atoms with E-state index < -0.39 is 6.61 Å². The van der Waals surface area contributed by atoms with Crippen LogP contribution < -0.4 is 4.74 Å². The van der Waals surface area contributed by atoms with E-state index in [-0.39, 0.29) is 17.5 Å². The van der Waals surface area contributed by atoms with Gasteiger partial charge in [0, 0.05) is 31.0 Å². The van der Waals surface area contributed by atoms with E-state index in [1.165, 1.54) is 28.8 Å². The normalized spacial score (nSPS) is 10.9. The highest BCUT2D eigenvalue weighted by Crippen LogP contribution is 2.27. The molecule has 3 rings (SSSR count). The highest BCUT2D eigenvalue weighted by atomic mass is 32.2. The first-order chi connectivity index (χ1) is 13.4. The molecule has 0 saturated heterocycles. The molecule has 0 unspecified atom stereocenters. The lowest BCUT2D eigenvalue weighted by molar-refractivity contribution is -0.0498. The molecule has 0 fully saturated rings. The van der Waals surface area contributed by atoms with Crippen LogP contribution in [0, 0.1) is 0 Å². The third kappa shape index (κ3) is 5.07. The molecule has 0 saturated carbocycles. The van der Waals surface area contributed by atoms with Crippen LogP contribution in [0.5, 0.6) is 5.75 Å². The topological polar surface area (TPSA) is 68.5 Å². The number of carbonyl (C=O) groups is 1. The van der Waals surface area contributed by atoms with E-state index in [0.29, 0.717) is 22.1 Å². The van der Waals surface area contributed by atoms with Crippen LogP contribution in [0.4, 0.5) is 8.78 Å². The molecular formula is C19H17F2N3O3S. The molecule has 1 heterocycles. The minimum absolute atomic E-state index is 0.0556. The summed E-state index contributed by atoms with van der Waals surface area (Å²) < 4.78 is 34.3. The van der Waals surface area contributed by atoms with Crippen molar-refractivity contribution in [3.05, 3.63) is 59.7 Å². The summed E-state index contributed by atoms with van der Waals surface area (Å²) in [6.45, 7) is -2.87. The number of thioether (sulfide) groups is 1. The molecule has 3 aromatic rings. The number of carbonyl (C=O) groups excluding carboxylic acids is 1. The predicted molar refractivity (Wildman–Crippen MR) is 100 cm³/mol. The summed E-state index contributed by atoms with van der Waals surface area (Å²) in [5.41, 5.74) is 2.16. The van der Waals surface area contributed by atoms with Gasteiger partial charge in [0.25, 0.3) is 11.1 Å². The lowest BCUT2D eigenvalue weighted by Crippen LogP contribution is -2.21. The van der Waals surface area contributed by atoms with Crippen LogP contribution in [0.2, 0.25) is 0 Å². The number of halogens is 2. The van der Waals surface area contributed by atoms with Crippen LogP contribution in [0.1, 0.15) is 15.9 Å². The van der Waals surface area contributed by atoms with Gasteiger partial charge in [-0.3, -0.25) is 4.79 Å². The maximum Gasteiger partial charge on any atom is 0.387 e. The van der Waals surface area contributed by atoms with E-state index in [1.807, 2.05) is 18.2 Å². The van der Waals surface area contributed by atoms with E-state index in [9.17, 15) is 13.6 Å². The van der Waals surface area contributed by atoms with Crippen LogP contribution >= 0.6 is 11.8 Å². The van der Waals surface area contributed by atoms with Gasteiger partial charge in [-0.1, -0.05) is 23.9 Å². The maximum atomic E-state index is 12.2. The molecule has 0 spiro atoms. The molecule has 146 valence electrons. The lowest BCUT2D eigenvalue weighted by Gasteiger charge is -2.10. The summed E-state index contributed by atoms with van der Waals surface area (Å²) in [4.78, 5) is 13.6. The van der Waals surface area contributed by atoms with Gasteiger partial charge in [0.05, 0.1) is 0 Å². The zero-order chi connectivity index (χ0) is 20.1. The Morgan fingerprint density at radius 1 is 1.18 bits per heavy atom. The lowest BCUT2D eigenvalue weighted by atomic mass is 10.1. The van der Waals surface area contributed by atoms with Gasteiger partial charge in [-0.15, -0.1) is 10.2 Å². The molecule has 28 heavy (non-hydrogen) atoms. The largest absolute Gasteiger partial charge is 0.435 e. The average Bonchev–Trinajstić information content (AvgIpc) is 3.15. The molecule has 0 N–H and O–H groups in total. The van der Waals surface area contributed by atoms with Gasteiger partial charge in [0.1, 0.15) is 5.75 Å². The van der Waals surface area contributed by atoms with Crippen molar-refractivity contribution in [2.45, 2.75) is 17.6 Å². The first kappa shape index (κ1) is 19.8. The van der Waals surface area contributed by atoms with Crippen LogP contribution in [0.15, 0.2) is 58.2 Å². The second-order valence-electron chi connectivity index (χ2n) is 5.96. The molecule has 0 aliphatic carbocycles. The molecule has 6 nitrogen and oxygen atoms in total. The molecule has 1 aromatic heterocycles. The molecule has 9 heteroatoms. The number of hydrogen-bond donors (Lipinski definition) is 0. The predicted octanol–water partition coefficient (Wildman–Crippen LogP) is 4.33. The van der Waals surface area contributed by atoms with Crippen molar-refractivity contribution in [2.75, 3.05) is 14.1 Å². The van der Waals surface area contributed by atoms with Crippen molar-refractivity contribution in [2.24, 2.45) is 0 Å². The summed E-state index contributed by atoms with van der Waals surface area (Å²) >= 11 is 1.34. The standard InChI is InChI=1S/C19H17F2N3O3S/c1-24(2)17(25)14-5-3-4-12(10-14)11-28-19-23-22-16(27-19)13-6-8-15(9-7-13)26-18(20)21/h3-10,18H,11H2,1-2H3. The molecule has 2 aromatic carbocycles. The van der Waals surface area contributed by atoms with Gasteiger partial charge < -0.3 is 14.1 Å². The van der Waals surface area contributed by atoms with Gasteiger partial charge >= 0.3 is 6.61 Å². The molecule has 1 amide bonds. The van der Waals surface area contributed by atoms with Gasteiger partial charge in [0.2, 0.25) is 5.89 Å². The van der Waals surface area contributed by atoms with E-state index >= 15 is 0 Å². The fraction of sp³-hybridized carbons (Fsp3) is 0.211. The van der Waals surface area contributed by atoms with Crippen LogP contribution in [-0.2, 0) is 5.75 Å². The van der Waals surface area contributed by atoms with E-state index in [0.717, 1.165) is 5.56 Å². The monoisotopic (exact) mass is 405 g/mol. The van der Waals surface area contributed by atoms with Crippen LogP contribution in [-0.4, -0.2) is 41.7 Å². The van der Waals surface area contributed by atoms with Crippen molar-refractivity contribution in [1.29, 1.82) is 0 Å². The second-order valence-corrected chi connectivity index (χ2v) is 6.89. The summed E-state index contributed by atoms with van der Waals surface area (Å²) in [6, 6.07) is 13.3. The molecular weight excluding hydrogens is 388 g/mol. The van der Waals surface area contributed by atoms with E-state index in [1.54, 1.807) is 32.3 Å². The van der Waals surface area contributed by atoms with Gasteiger partial charge in [-0.05, 0) is 42.0 Å². The molecule has 0 aliphatic heterocycles. The first-order valence-electron chi connectivity index (χ1n) is 8.24. The maximum absolute atomic E-state index is 12.2. The highest BCUT2D eigenvalue weighted by molar-refractivity contribution is 7.98. The van der Waals surface area contributed by atoms with Crippen LogP contribution in [0.3, 0.4) is 0 Å². The minimum atomic E-state index is -2.87. The van der Waals surface area contributed by atoms with Gasteiger partial charge in [-0.2, -0.15) is 8.78 Å². The van der Waals surface area contributed by atoms with Crippen molar-refractivity contribution in [3.8, 4) is 17.2 Å². The molecule has 0 bridgehead atoms. The molecule has 0 atom stereocenters. The van der Waals surface area contributed by atoms with Crippen molar-refractivity contribution in [3.63, 3.8) is 0 Å². The Morgan fingerprint density at radius 2 is 1.93 bits per heavy atom. The highest BCUT2D eigenvalue weighted by Gasteiger charge is 2.12. The number of alkyl halides is 2. The number of ether oxygens (including phenoxy) is 1. The zero-order valence-corrected chi connectivity index (χ0v) is 16.0. The Morgan fingerprint density at radius 3 is 2.61 bits per heavy atom. The van der Waals surface area contributed by atoms with E-state index in [4.69, 9.17) is 4.42 Å². The second kappa shape index (κ2) is 8.83. The van der Waals surface area contributed by atoms with Crippen molar-refractivity contribution >= 4 is 17.7 Å². The fourth-order valence-corrected chi connectivity index (χ4v) is 3.07. The number of amides is 1. The number of benzene rings is 2. The summed E-state index contributed by atoms with van der Waals surface area (Å²) in [6.07, 6.45) is 0. The number of aromatic nitrogens is 2. The molecule has 0 aliphatic rings. The summed E-state index contributed by atoms with van der Waals surface area (Å²) in [5, 5.41) is 8.32. The SMILES string of the molecule is CN(C)C(=O)c1cccc(CSc2nnc(-c3ccc(OC(F)F)cc3)o2)c1.